The van der Waals surface area contributed by atoms with E-state index in [9.17, 15) is 13.2 Å². The van der Waals surface area contributed by atoms with Gasteiger partial charge in [-0.05, 0) is 6.42 Å². The largest absolute Gasteiger partial charge is 0.522 e. The number of halogens is 3. The molecule has 4 N–H and O–H groups in total. The first-order valence-electron chi connectivity index (χ1n) is 6.03. The summed E-state index contributed by atoms with van der Waals surface area (Å²) in [5, 5.41) is 6.80. The molecule has 0 radical (unpaired) electrons. The van der Waals surface area contributed by atoms with Gasteiger partial charge in [0.2, 0.25) is 0 Å². The third-order valence-electron chi connectivity index (χ3n) is 2.05. The quantitative estimate of drug-likeness (QED) is 0.219. The molecule has 0 aliphatic carbocycles. The first-order valence-corrected chi connectivity index (χ1v) is 7.47. The molecule has 10 heteroatoms. The number of hydrogen-bond acceptors (Lipinski definition) is 4. The van der Waals surface area contributed by atoms with Crippen LogP contribution in [0.1, 0.15) is 45.4 Å². The van der Waals surface area contributed by atoms with Gasteiger partial charge >= 0.3 is 15.6 Å². The van der Waals surface area contributed by atoms with Crippen molar-refractivity contribution in [2.45, 2.75) is 51.0 Å². The van der Waals surface area contributed by atoms with E-state index in [0.717, 1.165) is 6.42 Å². The third kappa shape index (κ3) is 15.0. The van der Waals surface area contributed by atoms with Crippen LogP contribution in [0.5, 0.6) is 0 Å². The van der Waals surface area contributed by atoms with E-state index in [0.29, 0.717) is 6.61 Å². The molecule has 0 fully saturated rings. The fourth-order valence-corrected chi connectivity index (χ4v) is 1.06. The Morgan fingerprint density at radius 3 is 1.95 bits per heavy atom. The lowest BCUT2D eigenvalue weighted by Gasteiger charge is -2.02. The molecule has 6 nitrogen and oxygen atoms in total. The minimum Gasteiger partial charge on any atom is -0.466 e. The van der Waals surface area contributed by atoms with E-state index in [1.807, 2.05) is 0 Å². The molecular formula is C10H21F3N2O4S. The van der Waals surface area contributed by atoms with Crippen LogP contribution in [0.15, 0.2) is 0 Å². The minimum absolute atomic E-state index is 0.163. The molecular weight excluding hydrogens is 301 g/mol. The highest BCUT2D eigenvalue weighted by Crippen LogP contribution is 2.20. The Bertz CT molecular complexity index is 358. The van der Waals surface area contributed by atoms with Crippen LogP contribution < -0.4 is 5.73 Å². The van der Waals surface area contributed by atoms with Crippen molar-refractivity contribution in [2.24, 2.45) is 5.73 Å². The molecule has 0 saturated heterocycles. The van der Waals surface area contributed by atoms with Gasteiger partial charge in [0.15, 0.2) is 0 Å². The second-order valence-electron chi connectivity index (χ2n) is 3.90. The maximum absolute atomic E-state index is 10.7. The van der Waals surface area contributed by atoms with E-state index in [1.54, 1.807) is 0 Å². The number of unbranched alkanes of at least 4 members (excludes halogenated alkanes) is 5. The number of hydrogen-bond donors (Lipinski definition) is 3. The number of ether oxygens (including phenoxy) is 1. The molecule has 0 rings (SSSR count). The summed E-state index contributed by atoms with van der Waals surface area (Å²) in [7, 11) is -5.84. The van der Waals surface area contributed by atoms with Gasteiger partial charge in [0, 0.05) is 0 Å². The first-order chi connectivity index (χ1) is 9.02. The van der Waals surface area contributed by atoms with Crippen molar-refractivity contribution in [1.82, 2.24) is 0 Å². The molecule has 0 spiro atoms. The second kappa shape index (κ2) is 10.7. The molecule has 0 aromatic carbocycles. The molecule has 0 aliphatic heterocycles. The van der Waals surface area contributed by atoms with Crippen LogP contribution in [0.25, 0.3) is 0 Å². The van der Waals surface area contributed by atoms with Gasteiger partial charge in [0.1, 0.15) is 0 Å². The van der Waals surface area contributed by atoms with Crippen LogP contribution in [0.2, 0.25) is 0 Å². The van der Waals surface area contributed by atoms with Crippen molar-refractivity contribution in [3.05, 3.63) is 0 Å². The summed E-state index contributed by atoms with van der Waals surface area (Å²) in [5.41, 5.74) is -0.519. The van der Waals surface area contributed by atoms with Gasteiger partial charge in [0.25, 0.3) is 6.02 Å². The Kier molecular flexibility index (Phi) is 11.4. The maximum atomic E-state index is 10.7. The van der Waals surface area contributed by atoms with E-state index in [-0.39, 0.29) is 6.02 Å². The zero-order chi connectivity index (χ0) is 16.2. The Hall–Kier alpha value is -1.03. The van der Waals surface area contributed by atoms with E-state index in [2.05, 4.69) is 6.92 Å². The fourth-order valence-electron chi connectivity index (χ4n) is 1.06. The summed E-state index contributed by atoms with van der Waals surface area (Å²) < 4.78 is 62.4. The zero-order valence-electron chi connectivity index (χ0n) is 11.2. The predicted octanol–water partition coefficient (Wildman–Crippen LogP) is 2.65. The summed E-state index contributed by atoms with van der Waals surface area (Å²) in [4.78, 5) is 0. The van der Waals surface area contributed by atoms with Crippen molar-refractivity contribution in [1.29, 1.82) is 5.41 Å². The van der Waals surface area contributed by atoms with Crippen molar-refractivity contribution in [2.75, 3.05) is 6.61 Å². The van der Waals surface area contributed by atoms with E-state index < -0.39 is 15.6 Å². The monoisotopic (exact) mass is 322 g/mol. The van der Waals surface area contributed by atoms with E-state index >= 15 is 0 Å². The molecule has 20 heavy (non-hydrogen) atoms. The summed E-state index contributed by atoms with van der Waals surface area (Å²) in [5.74, 6) is 0. The molecule has 122 valence electrons. The Morgan fingerprint density at radius 2 is 1.60 bits per heavy atom. The molecule has 0 amide bonds. The standard InChI is InChI=1S/C9H20N2O.CHF3O3S/c1-2-3-4-5-6-7-8-12-9(10)11;2-1(3,4)8(5,6)7/h2-8H2,1H3,(H3,10,11);(H,5,6,7). The van der Waals surface area contributed by atoms with Crippen molar-refractivity contribution < 1.29 is 30.9 Å². The Labute approximate surface area is 116 Å². The van der Waals surface area contributed by atoms with Gasteiger partial charge < -0.3 is 10.5 Å². The Morgan fingerprint density at radius 1 is 1.20 bits per heavy atom. The predicted molar refractivity (Wildman–Crippen MR) is 68.8 cm³/mol. The number of nitrogens with one attached hydrogen (secondary N) is 1. The van der Waals surface area contributed by atoms with Crippen molar-refractivity contribution >= 4 is 16.1 Å². The normalized spacial score (nSPS) is 11.4. The van der Waals surface area contributed by atoms with E-state index in [1.165, 1.54) is 32.1 Å². The van der Waals surface area contributed by atoms with Gasteiger partial charge in [0.05, 0.1) is 6.61 Å². The molecule has 0 atom stereocenters. The smallest absolute Gasteiger partial charge is 0.466 e. The highest BCUT2D eigenvalue weighted by atomic mass is 32.2. The van der Waals surface area contributed by atoms with Gasteiger partial charge in [-0.2, -0.15) is 21.6 Å². The van der Waals surface area contributed by atoms with Gasteiger partial charge in [-0.25, -0.2) is 0 Å². The second-order valence-corrected chi connectivity index (χ2v) is 5.31. The third-order valence-corrected chi connectivity index (χ3v) is 2.63. The van der Waals surface area contributed by atoms with Crippen LogP contribution in [-0.4, -0.2) is 31.1 Å². The van der Waals surface area contributed by atoms with Gasteiger partial charge in [-0.3, -0.25) is 9.96 Å². The van der Waals surface area contributed by atoms with Crippen molar-refractivity contribution in [3.8, 4) is 0 Å². The molecule has 0 saturated carbocycles. The van der Waals surface area contributed by atoms with Gasteiger partial charge in [-0.1, -0.05) is 39.0 Å². The maximum Gasteiger partial charge on any atom is 0.522 e. The minimum atomic E-state index is -5.84. The van der Waals surface area contributed by atoms with Gasteiger partial charge in [-0.15, -0.1) is 0 Å². The molecule has 0 aromatic heterocycles. The average molecular weight is 322 g/mol. The lowest BCUT2D eigenvalue weighted by atomic mass is 10.1. The number of nitrogens with two attached hydrogens (primary N) is 1. The van der Waals surface area contributed by atoms with Crippen LogP contribution in [-0.2, 0) is 14.9 Å². The summed E-state index contributed by atoms with van der Waals surface area (Å²) in [6, 6.07) is -0.163. The lowest BCUT2D eigenvalue weighted by molar-refractivity contribution is -0.0510. The topological polar surface area (TPSA) is 113 Å². The molecule has 0 unspecified atom stereocenters. The Balaban J connectivity index is 0. The summed E-state index contributed by atoms with van der Waals surface area (Å²) >= 11 is 0. The molecule has 0 bridgehead atoms. The average Bonchev–Trinajstić information content (AvgIpc) is 2.25. The lowest BCUT2D eigenvalue weighted by Crippen LogP contribution is -2.21. The number of rotatable bonds is 7. The number of alkyl halides is 3. The van der Waals surface area contributed by atoms with Crippen molar-refractivity contribution in [3.63, 3.8) is 0 Å². The first kappa shape index (κ1) is 21.3. The molecule has 0 aliphatic rings. The molecule has 0 heterocycles. The molecule has 0 aromatic rings. The summed E-state index contributed by atoms with van der Waals surface area (Å²) in [6.07, 6.45) is 7.40. The van der Waals surface area contributed by atoms with Crippen LogP contribution in [0.3, 0.4) is 0 Å². The van der Waals surface area contributed by atoms with Crippen LogP contribution in [0.4, 0.5) is 13.2 Å². The SMILES string of the molecule is CCCCCCCCOC(=N)N.O=S(=O)(O)C(F)(F)F. The van der Waals surface area contributed by atoms with Crippen LogP contribution in [0, 0.1) is 5.41 Å². The highest BCUT2D eigenvalue weighted by Gasteiger charge is 2.44. The summed E-state index contributed by atoms with van der Waals surface area (Å²) in [6.45, 7) is 2.81. The number of amidine groups is 1. The van der Waals surface area contributed by atoms with Crippen LogP contribution >= 0.6 is 0 Å². The fraction of sp³-hybridized carbons (Fsp3) is 0.900. The van der Waals surface area contributed by atoms with E-state index in [4.69, 9.17) is 28.9 Å². The zero-order valence-corrected chi connectivity index (χ0v) is 12.1. The highest BCUT2D eigenvalue weighted by molar-refractivity contribution is 7.86.